The first kappa shape index (κ1) is 25.0. The van der Waals surface area contributed by atoms with Crippen molar-refractivity contribution in [2.45, 2.75) is 25.7 Å². The quantitative estimate of drug-likeness (QED) is 0.271. The molecule has 1 saturated heterocycles. The van der Waals surface area contributed by atoms with Crippen LogP contribution in [0.3, 0.4) is 0 Å². The molecule has 4 aromatic rings. The highest BCUT2D eigenvalue weighted by atomic mass is 32.1. The van der Waals surface area contributed by atoms with Crippen molar-refractivity contribution in [2.24, 2.45) is 5.92 Å². The zero-order valence-electron chi connectivity index (χ0n) is 21.1. The summed E-state index contributed by atoms with van der Waals surface area (Å²) >= 11 is 1.59. The first-order valence-corrected chi connectivity index (χ1v) is 13.7. The molecule has 2 aromatic heterocycles. The molecule has 1 N–H and O–H groups in total. The van der Waals surface area contributed by atoms with E-state index in [4.69, 9.17) is 9.97 Å². The lowest BCUT2D eigenvalue weighted by atomic mass is 9.96. The Morgan fingerprint density at radius 1 is 1.03 bits per heavy atom. The standard InChI is InChI=1S/C30H32N4O2S/c1-33(20-23(18-29(35)36)17-22-9-3-2-4-10-22)30-32-27(21-37-30)26-12-6-5-11-25(26)24-13-14-28(31-19-24)34-15-7-8-16-34/h2-6,9-14,19,21,23H,7-8,15-18,20H2,1H3,(H,35,36). The van der Waals surface area contributed by atoms with Gasteiger partial charge in [-0.2, -0.15) is 0 Å². The van der Waals surface area contributed by atoms with Crippen LogP contribution in [0.4, 0.5) is 10.9 Å². The summed E-state index contributed by atoms with van der Waals surface area (Å²) in [5, 5.41) is 12.4. The molecule has 2 aromatic carbocycles. The second kappa shape index (κ2) is 11.6. The number of nitrogens with zero attached hydrogens (tertiary/aromatic N) is 4. The SMILES string of the molecule is CN(CC(CC(=O)O)Cc1ccccc1)c1nc(-c2ccccc2-c2ccc(N3CCCC3)nc2)cs1. The van der Waals surface area contributed by atoms with Gasteiger partial charge in [0.15, 0.2) is 5.13 Å². The molecule has 190 valence electrons. The lowest BCUT2D eigenvalue weighted by Crippen LogP contribution is -2.28. The number of thiazole rings is 1. The molecule has 0 spiro atoms. The van der Waals surface area contributed by atoms with Crippen LogP contribution in [-0.2, 0) is 11.2 Å². The zero-order chi connectivity index (χ0) is 25.6. The van der Waals surface area contributed by atoms with E-state index in [1.165, 1.54) is 12.8 Å². The van der Waals surface area contributed by atoms with E-state index in [0.29, 0.717) is 6.54 Å². The van der Waals surface area contributed by atoms with E-state index >= 15 is 0 Å². The Balaban J connectivity index is 1.33. The Hall–Kier alpha value is -3.71. The normalized spacial score (nSPS) is 14.0. The van der Waals surface area contributed by atoms with Crippen molar-refractivity contribution < 1.29 is 9.90 Å². The fourth-order valence-corrected chi connectivity index (χ4v) is 5.86. The van der Waals surface area contributed by atoms with Gasteiger partial charge in [-0.3, -0.25) is 4.79 Å². The van der Waals surface area contributed by atoms with Crippen molar-refractivity contribution >= 4 is 28.3 Å². The highest BCUT2D eigenvalue weighted by Gasteiger charge is 2.20. The molecule has 0 amide bonds. The van der Waals surface area contributed by atoms with E-state index < -0.39 is 5.97 Å². The van der Waals surface area contributed by atoms with E-state index in [2.05, 4.69) is 51.6 Å². The first-order valence-electron chi connectivity index (χ1n) is 12.8. The Bertz CT molecular complexity index is 1320. The Morgan fingerprint density at radius 2 is 1.76 bits per heavy atom. The van der Waals surface area contributed by atoms with Gasteiger partial charge in [0.05, 0.1) is 12.1 Å². The van der Waals surface area contributed by atoms with Crippen LogP contribution in [0.1, 0.15) is 24.8 Å². The van der Waals surface area contributed by atoms with Crippen LogP contribution >= 0.6 is 11.3 Å². The number of aromatic nitrogens is 2. The van der Waals surface area contributed by atoms with Gasteiger partial charge in [-0.15, -0.1) is 11.3 Å². The van der Waals surface area contributed by atoms with Gasteiger partial charge in [-0.05, 0) is 48.4 Å². The predicted molar refractivity (Wildman–Crippen MR) is 151 cm³/mol. The summed E-state index contributed by atoms with van der Waals surface area (Å²) in [4.78, 5) is 25.7. The second-order valence-corrected chi connectivity index (χ2v) is 10.5. The van der Waals surface area contributed by atoms with E-state index in [0.717, 1.165) is 58.4 Å². The average Bonchev–Trinajstić information content (AvgIpc) is 3.62. The summed E-state index contributed by atoms with van der Waals surface area (Å²) in [5.74, 6) is 0.264. The van der Waals surface area contributed by atoms with Gasteiger partial charge in [-0.1, -0.05) is 54.6 Å². The van der Waals surface area contributed by atoms with Gasteiger partial charge >= 0.3 is 5.97 Å². The van der Waals surface area contributed by atoms with Gasteiger partial charge in [0.2, 0.25) is 0 Å². The van der Waals surface area contributed by atoms with Gasteiger partial charge in [0.25, 0.3) is 0 Å². The van der Waals surface area contributed by atoms with Crippen LogP contribution in [0.5, 0.6) is 0 Å². The molecule has 0 radical (unpaired) electrons. The molecule has 1 aliphatic rings. The van der Waals surface area contributed by atoms with Crippen molar-refractivity contribution in [3.05, 3.63) is 83.9 Å². The third-order valence-electron chi connectivity index (χ3n) is 6.87. The van der Waals surface area contributed by atoms with E-state index in [1.54, 1.807) is 11.3 Å². The van der Waals surface area contributed by atoms with Gasteiger partial charge in [0, 0.05) is 49.4 Å². The minimum Gasteiger partial charge on any atom is -0.481 e. The number of carboxylic acids is 1. The van der Waals surface area contributed by atoms with Crippen molar-refractivity contribution in [3.63, 3.8) is 0 Å². The van der Waals surface area contributed by atoms with Crippen molar-refractivity contribution in [3.8, 4) is 22.4 Å². The number of aliphatic carboxylic acids is 1. The third kappa shape index (κ3) is 6.17. The average molecular weight is 513 g/mol. The first-order chi connectivity index (χ1) is 18.1. The summed E-state index contributed by atoms with van der Waals surface area (Å²) in [5.41, 5.74) is 5.32. The van der Waals surface area contributed by atoms with Gasteiger partial charge in [-0.25, -0.2) is 9.97 Å². The Kier molecular flexibility index (Phi) is 7.80. The molecule has 1 fully saturated rings. The molecule has 37 heavy (non-hydrogen) atoms. The summed E-state index contributed by atoms with van der Waals surface area (Å²) in [6.45, 7) is 2.78. The summed E-state index contributed by atoms with van der Waals surface area (Å²) in [7, 11) is 2.00. The largest absolute Gasteiger partial charge is 0.481 e. The van der Waals surface area contributed by atoms with Crippen LogP contribution in [-0.4, -0.2) is 47.7 Å². The zero-order valence-corrected chi connectivity index (χ0v) is 21.9. The third-order valence-corrected chi connectivity index (χ3v) is 7.83. The molecule has 0 bridgehead atoms. The molecule has 7 heteroatoms. The van der Waals surface area contributed by atoms with Crippen LogP contribution in [0.2, 0.25) is 0 Å². The summed E-state index contributed by atoms with van der Waals surface area (Å²) < 4.78 is 0. The molecule has 0 saturated carbocycles. The molecule has 1 aliphatic heterocycles. The molecule has 3 heterocycles. The molecule has 1 unspecified atom stereocenters. The predicted octanol–water partition coefficient (Wildman–Crippen LogP) is 6.24. The van der Waals surface area contributed by atoms with Crippen LogP contribution in [0.25, 0.3) is 22.4 Å². The van der Waals surface area contributed by atoms with E-state index in [-0.39, 0.29) is 12.3 Å². The molecular formula is C30H32N4O2S. The smallest absolute Gasteiger partial charge is 0.303 e. The van der Waals surface area contributed by atoms with E-state index in [9.17, 15) is 9.90 Å². The van der Waals surface area contributed by atoms with E-state index in [1.807, 2.05) is 43.6 Å². The maximum absolute atomic E-state index is 11.5. The number of rotatable bonds is 10. The maximum Gasteiger partial charge on any atom is 0.303 e. The number of hydrogen-bond acceptors (Lipinski definition) is 6. The molecule has 6 nitrogen and oxygen atoms in total. The lowest BCUT2D eigenvalue weighted by molar-refractivity contribution is -0.138. The number of carbonyl (C=O) groups is 1. The monoisotopic (exact) mass is 512 g/mol. The fourth-order valence-electron chi connectivity index (χ4n) is 5.06. The highest BCUT2D eigenvalue weighted by Crippen LogP contribution is 2.35. The lowest BCUT2D eigenvalue weighted by Gasteiger charge is -2.23. The number of benzene rings is 2. The molecular weight excluding hydrogens is 480 g/mol. The highest BCUT2D eigenvalue weighted by molar-refractivity contribution is 7.14. The topological polar surface area (TPSA) is 69.6 Å². The minimum atomic E-state index is -0.771. The number of pyridine rings is 1. The molecule has 0 aliphatic carbocycles. The van der Waals surface area contributed by atoms with Crippen LogP contribution < -0.4 is 9.80 Å². The van der Waals surface area contributed by atoms with Gasteiger partial charge in [0.1, 0.15) is 5.82 Å². The maximum atomic E-state index is 11.5. The van der Waals surface area contributed by atoms with Crippen LogP contribution in [0.15, 0.2) is 78.3 Å². The summed E-state index contributed by atoms with van der Waals surface area (Å²) in [6, 6.07) is 22.7. The number of hydrogen-bond donors (Lipinski definition) is 1. The molecule has 5 rings (SSSR count). The van der Waals surface area contributed by atoms with Crippen molar-refractivity contribution in [1.29, 1.82) is 0 Å². The van der Waals surface area contributed by atoms with Gasteiger partial charge < -0.3 is 14.9 Å². The van der Waals surface area contributed by atoms with Crippen molar-refractivity contribution in [2.75, 3.05) is 36.5 Å². The Morgan fingerprint density at radius 3 is 2.46 bits per heavy atom. The minimum absolute atomic E-state index is 0.00951. The van der Waals surface area contributed by atoms with Crippen molar-refractivity contribution in [1.82, 2.24) is 9.97 Å². The molecule has 1 atom stereocenters. The second-order valence-electron chi connectivity index (χ2n) is 9.69. The fraction of sp³-hybridized carbons (Fsp3) is 0.300. The van der Waals surface area contributed by atoms with Crippen LogP contribution in [0, 0.1) is 5.92 Å². The number of carboxylic acid groups (broad SMARTS) is 1. The number of anilines is 2. The summed E-state index contributed by atoms with van der Waals surface area (Å²) in [6.07, 6.45) is 5.28. The Labute approximate surface area is 222 Å².